The highest BCUT2D eigenvalue weighted by Gasteiger charge is 2.22. The molecule has 5 heteroatoms. The van der Waals surface area contributed by atoms with Gasteiger partial charge >= 0.3 is 0 Å². The second kappa shape index (κ2) is 5.67. The summed E-state index contributed by atoms with van der Waals surface area (Å²) in [6, 6.07) is 7.75. The van der Waals surface area contributed by atoms with Crippen molar-refractivity contribution in [3.8, 4) is 11.8 Å². The third-order valence-corrected chi connectivity index (χ3v) is 3.63. The maximum absolute atomic E-state index is 9.16. The second-order valence-corrected chi connectivity index (χ2v) is 9.95. The average Bonchev–Trinajstić information content (AvgIpc) is 2.24. The van der Waals surface area contributed by atoms with Gasteiger partial charge in [0, 0.05) is 0 Å². The van der Waals surface area contributed by atoms with Crippen LogP contribution in [0.15, 0.2) is 22.7 Å². The Bertz CT molecular complexity index is 437. The Balaban J connectivity index is 2.98. The van der Waals surface area contributed by atoms with E-state index in [0.29, 0.717) is 0 Å². The van der Waals surface area contributed by atoms with Gasteiger partial charge in [-0.3, -0.25) is 0 Å². The van der Waals surface area contributed by atoms with E-state index in [1.807, 2.05) is 18.2 Å². The van der Waals surface area contributed by atoms with Crippen LogP contribution in [0.4, 0.5) is 0 Å². The summed E-state index contributed by atoms with van der Waals surface area (Å²) in [5, 5.41) is 9.16. The van der Waals surface area contributed by atoms with Gasteiger partial charge in [0.25, 0.3) is 0 Å². The zero-order chi connectivity index (χ0) is 13.1. The molecule has 1 rings (SSSR count). The van der Waals surface area contributed by atoms with E-state index in [9.17, 15) is 0 Å². The second-order valence-electron chi connectivity index (χ2n) is 4.63. The SMILES string of the molecule is COc1ccc(C(C#N)O[Si](C)(C)C)cc1Br. The van der Waals surface area contributed by atoms with Crippen molar-refractivity contribution in [2.75, 3.05) is 7.11 Å². The first-order chi connectivity index (χ1) is 7.87. The topological polar surface area (TPSA) is 42.2 Å². The van der Waals surface area contributed by atoms with Crippen LogP contribution in [0.1, 0.15) is 11.7 Å². The zero-order valence-corrected chi connectivity index (χ0v) is 13.0. The number of methoxy groups -OCH3 is 1. The van der Waals surface area contributed by atoms with Gasteiger partial charge in [0.05, 0.1) is 17.7 Å². The molecule has 1 aromatic carbocycles. The minimum Gasteiger partial charge on any atom is -0.496 e. The van der Waals surface area contributed by atoms with Crippen molar-refractivity contribution in [3.63, 3.8) is 0 Å². The quantitative estimate of drug-likeness (QED) is 0.792. The molecule has 0 spiro atoms. The fourth-order valence-corrected chi connectivity index (χ4v) is 2.82. The van der Waals surface area contributed by atoms with Crippen molar-refractivity contribution in [2.24, 2.45) is 0 Å². The molecule has 1 aromatic rings. The Morgan fingerprint density at radius 1 is 1.35 bits per heavy atom. The molecule has 0 fully saturated rings. The number of halogens is 1. The van der Waals surface area contributed by atoms with E-state index in [2.05, 4.69) is 41.6 Å². The van der Waals surface area contributed by atoms with Gasteiger partial charge in [0.15, 0.2) is 14.4 Å². The molecule has 3 nitrogen and oxygen atoms in total. The summed E-state index contributed by atoms with van der Waals surface area (Å²) in [7, 11) is -0.121. The number of rotatable bonds is 4. The summed E-state index contributed by atoms with van der Waals surface area (Å²) >= 11 is 3.41. The van der Waals surface area contributed by atoms with E-state index < -0.39 is 14.4 Å². The van der Waals surface area contributed by atoms with E-state index in [1.165, 1.54) is 0 Å². The maximum atomic E-state index is 9.16. The van der Waals surface area contributed by atoms with Gasteiger partial charge in [0.1, 0.15) is 5.75 Å². The van der Waals surface area contributed by atoms with Crippen molar-refractivity contribution < 1.29 is 9.16 Å². The molecule has 0 saturated carbocycles. The van der Waals surface area contributed by atoms with E-state index >= 15 is 0 Å². The van der Waals surface area contributed by atoms with E-state index in [0.717, 1.165) is 15.8 Å². The molecule has 0 aliphatic rings. The lowest BCUT2D eigenvalue weighted by Crippen LogP contribution is -2.27. The third kappa shape index (κ3) is 4.15. The fraction of sp³-hybridized carbons (Fsp3) is 0.417. The lowest BCUT2D eigenvalue weighted by Gasteiger charge is -2.22. The van der Waals surface area contributed by atoms with Gasteiger partial charge in [-0.1, -0.05) is 6.07 Å². The summed E-state index contributed by atoms with van der Waals surface area (Å²) in [6.07, 6.45) is -0.510. The number of nitriles is 1. The highest BCUT2D eigenvalue weighted by atomic mass is 79.9. The Labute approximate surface area is 112 Å². The molecule has 0 N–H and O–H groups in total. The largest absolute Gasteiger partial charge is 0.496 e. The van der Waals surface area contributed by atoms with Crippen LogP contribution in [0.2, 0.25) is 19.6 Å². The van der Waals surface area contributed by atoms with Crippen molar-refractivity contribution in [3.05, 3.63) is 28.2 Å². The summed E-state index contributed by atoms with van der Waals surface area (Å²) in [5.74, 6) is 0.749. The number of nitrogens with zero attached hydrogens (tertiary/aromatic N) is 1. The highest BCUT2D eigenvalue weighted by molar-refractivity contribution is 9.10. The number of ether oxygens (including phenoxy) is 1. The number of benzene rings is 1. The van der Waals surface area contributed by atoms with Gasteiger partial charge in [-0.2, -0.15) is 5.26 Å². The standard InChI is InChI=1S/C12H16BrNO2Si/c1-15-11-6-5-9(7-10(11)13)12(8-14)16-17(2,3)4/h5-7,12H,1-4H3. The summed E-state index contributed by atoms with van der Waals surface area (Å²) in [4.78, 5) is 0. The first-order valence-electron chi connectivity index (χ1n) is 5.28. The van der Waals surface area contributed by atoms with Crippen LogP contribution in [0.3, 0.4) is 0 Å². The smallest absolute Gasteiger partial charge is 0.186 e. The van der Waals surface area contributed by atoms with Crippen LogP contribution in [0.5, 0.6) is 5.75 Å². The molecule has 1 atom stereocenters. The molecular formula is C12H16BrNO2Si. The van der Waals surface area contributed by atoms with Crippen molar-refractivity contribution in [1.29, 1.82) is 5.26 Å². The van der Waals surface area contributed by atoms with E-state index in [4.69, 9.17) is 14.4 Å². The minimum atomic E-state index is -1.73. The van der Waals surface area contributed by atoms with Crippen molar-refractivity contribution >= 4 is 24.2 Å². The molecule has 0 aliphatic heterocycles. The predicted molar refractivity (Wildman–Crippen MR) is 73.5 cm³/mol. The maximum Gasteiger partial charge on any atom is 0.186 e. The summed E-state index contributed by atoms with van der Waals surface area (Å²) in [6.45, 7) is 6.20. The molecule has 0 aliphatic carbocycles. The number of hydrogen-bond acceptors (Lipinski definition) is 3. The molecular weight excluding hydrogens is 298 g/mol. The normalized spacial score (nSPS) is 12.9. The molecule has 17 heavy (non-hydrogen) atoms. The van der Waals surface area contributed by atoms with Crippen LogP contribution < -0.4 is 4.74 Å². The van der Waals surface area contributed by atoms with Crippen LogP contribution in [-0.4, -0.2) is 15.4 Å². The van der Waals surface area contributed by atoms with Gasteiger partial charge in [0.2, 0.25) is 0 Å². The molecule has 0 radical (unpaired) electrons. The van der Waals surface area contributed by atoms with Gasteiger partial charge in [-0.25, -0.2) is 0 Å². The molecule has 0 heterocycles. The molecule has 1 unspecified atom stereocenters. The molecule has 0 amide bonds. The lowest BCUT2D eigenvalue weighted by atomic mass is 10.1. The first kappa shape index (κ1) is 14.2. The van der Waals surface area contributed by atoms with Gasteiger partial charge in [-0.15, -0.1) is 0 Å². The van der Waals surface area contributed by atoms with Crippen molar-refractivity contribution in [2.45, 2.75) is 25.7 Å². The van der Waals surface area contributed by atoms with Gasteiger partial charge < -0.3 is 9.16 Å². The zero-order valence-electron chi connectivity index (χ0n) is 10.5. The van der Waals surface area contributed by atoms with Crippen LogP contribution in [0, 0.1) is 11.3 Å². The minimum absolute atomic E-state index is 0.510. The molecule has 0 bridgehead atoms. The highest BCUT2D eigenvalue weighted by Crippen LogP contribution is 2.30. The molecule has 92 valence electrons. The lowest BCUT2D eigenvalue weighted by molar-refractivity contribution is 0.255. The van der Waals surface area contributed by atoms with Crippen LogP contribution in [-0.2, 0) is 4.43 Å². The third-order valence-electron chi connectivity index (χ3n) is 2.07. The number of hydrogen-bond donors (Lipinski definition) is 0. The predicted octanol–water partition coefficient (Wildman–Crippen LogP) is 3.87. The van der Waals surface area contributed by atoms with Crippen LogP contribution in [0.25, 0.3) is 0 Å². The summed E-state index contributed by atoms with van der Waals surface area (Å²) in [5.41, 5.74) is 0.850. The fourth-order valence-electron chi connectivity index (χ4n) is 1.37. The van der Waals surface area contributed by atoms with E-state index in [1.54, 1.807) is 7.11 Å². The Kier molecular flexibility index (Phi) is 4.75. The Morgan fingerprint density at radius 2 is 2.00 bits per heavy atom. The molecule has 0 saturated heterocycles. The van der Waals surface area contributed by atoms with Crippen molar-refractivity contribution in [1.82, 2.24) is 0 Å². The average molecular weight is 314 g/mol. The Hall–Kier alpha value is -0.833. The monoisotopic (exact) mass is 313 g/mol. The Morgan fingerprint density at radius 3 is 2.41 bits per heavy atom. The van der Waals surface area contributed by atoms with Crippen LogP contribution >= 0.6 is 15.9 Å². The summed E-state index contributed by atoms with van der Waals surface area (Å²) < 4.78 is 11.8. The van der Waals surface area contributed by atoms with Gasteiger partial charge in [-0.05, 0) is 53.3 Å². The van der Waals surface area contributed by atoms with E-state index in [-0.39, 0.29) is 0 Å². The molecule has 0 aromatic heterocycles. The first-order valence-corrected chi connectivity index (χ1v) is 9.48.